The molecule has 0 aromatic heterocycles. The molecule has 2 fully saturated rings. The Bertz CT molecular complexity index is 1250. The van der Waals surface area contributed by atoms with Crippen LogP contribution < -0.4 is 5.32 Å². The molecule has 2 aliphatic heterocycles. The highest BCUT2D eigenvalue weighted by Gasteiger charge is 2.53. The minimum atomic E-state index is -3.65. The van der Waals surface area contributed by atoms with E-state index in [4.69, 9.17) is 11.6 Å². The van der Waals surface area contributed by atoms with E-state index in [0.717, 1.165) is 50.9 Å². The third-order valence-corrected chi connectivity index (χ3v) is 10.6. The Morgan fingerprint density at radius 2 is 1.78 bits per heavy atom. The summed E-state index contributed by atoms with van der Waals surface area (Å²) in [4.78, 5) is 15.4. The number of carbonyl (C=O) groups is 1. The van der Waals surface area contributed by atoms with Gasteiger partial charge in [0.25, 0.3) is 0 Å². The van der Waals surface area contributed by atoms with E-state index in [1.54, 1.807) is 22.5 Å². The number of likely N-dealkylation sites (tertiary alicyclic amines) is 1. The lowest BCUT2D eigenvalue weighted by Crippen LogP contribution is -2.45. The molecule has 1 aliphatic carbocycles. The lowest BCUT2D eigenvalue weighted by molar-refractivity contribution is -0.117. The van der Waals surface area contributed by atoms with Crippen LogP contribution >= 0.6 is 11.6 Å². The molecule has 0 saturated carbocycles. The largest absolute Gasteiger partial charge is 0.325 e. The van der Waals surface area contributed by atoms with Gasteiger partial charge in [0.1, 0.15) is 0 Å². The number of hydrogen-bond donors (Lipinski definition) is 1. The summed E-state index contributed by atoms with van der Waals surface area (Å²) in [6, 6.07) is 12.8. The summed E-state index contributed by atoms with van der Waals surface area (Å²) in [6.45, 7) is 6.50. The minimum Gasteiger partial charge on any atom is -0.325 e. The van der Waals surface area contributed by atoms with Gasteiger partial charge in [0.05, 0.1) is 11.4 Å². The molecule has 0 atom stereocenters. The van der Waals surface area contributed by atoms with Crippen LogP contribution in [0.5, 0.6) is 0 Å². The van der Waals surface area contributed by atoms with Crippen LogP contribution in [-0.2, 0) is 27.7 Å². The average molecular weight is 530 g/mol. The lowest BCUT2D eigenvalue weighted by atomic mass is 9.74. The molecule has 5 rings (SSSR count). The van der Waals surface area contributed by atoms with Gasteiger partial charge in [0.2, 0.25) is 15.9 Å². The number of halogens is 1. The van der Waals surface area contributed by atoms with Gasteiger partial charge in [-0.3, -0.25) is 9.69 Å². The minimum absolute atomic E-state index is 0.0295. The molecular formula is C28H36ClN3O3S. The van der Waals surface area contributed by atoms with Crippen molar-refractivity contribution in [3.05, 3.63) is 58.6 Å². The van der Waals surface area contributed by atoms with Crippen LogP contribution in [0.1, 0.15) is 57.1 Å². The van der Waals surface area contributed by atoms with E-state index in [9.17, 15) is 13.2 Å². The summed E-state index contributed by atoms with van der Waals surface area (Å²) in [7, 11) is -3.65. The fourth-order valence-corrected chi connectivity index (χ4v) is 8.75. The van der Waals surface area contributed by atoms with Crippen molar-refractivity contribution < 1.29 is 13.2 Å². The van der Waals surface area contributed by atoms with Gasteiger partial charge in [-0.1, -0.05) is 29.8 Å². The molecule has 0 unspecified atom stereocenters. The Labute approximate surface area is 220 Å². The normalized spacial score (nSPS) is 21.9. The molecule has 8 heteroatoms. The van der Waals surface area contributed by atoms with Crippen molar-refractivity contribution in [3.8, 4) is 0 Å². The maximum absolute atomic E-state index is 13.5. The van der Waals surface area contributed by atoms with Crippen LogP contribution in [0.2, 0.25) is 5.02 Å². The van der Waals surface area contributed by atoms with E-state index >= 15 is 0 Å². The quantitative estimate of drug-likeness (QED) is 0.584. The fourth-order valence-electron chi connectivity index (χ4n) is 6.56. The molecule has 2 aromatic carbocycles. The SMILES string of the molecule is CC1(C)CC2(CCN(CC(=O)Nc3cccc4c3CCCC4)CC2)CN1S(=O)(=O)c1cccc(Cl)c1. The van der Waals surface area contributed by atoms with E-state index < -0.39 is 15.6 Å². The second kappa shape index (κ2) is 9.75. The third kappa shape index (κ3) is 5.08. The van der Waals surface area contributed by atoms with Gasteiger partial charge in [-0.15, -0.1) is 0 Å². The summed E-state index contributed by atoms with van der Waals surface area (Å²) in [5.41, 5.74) is 3.07. The number of benzene rings is 2. The van der Waals surface area contributed by atoms with Gasteiger partial charge in [-0.05, 0) is 113 Å². The second-order valence-corrected chi connectivity index (χ2v) is 13.7. The zero-order valence-corrected chi connectivity index (χ0v) is 22.8. The van der Waals surface area contributed by atoms with Crippen molar-refractivity contribution in [1.29, 1.82) is 0 Å². The number of rotatable bonds is 5. The first-order chi connectivity index (χ1) is 17.1. The topological polar surface area (TPSA) is 69.7 Å². The van der Waals surface area contributed by atoms with Crippen molar-refractivity contribution >= 4 is 33.2 Å². The Kier molecular flexibility index (Phi) is 6.96. The third-order valence-electron chi connectivity index (χ3n) is 8.30. The van der Waals surface area contributed by atoms with Crippen molar-refractivity contribution in [2.45, 2.75) is 69.2 Å². The maximum Gasteiger partial charge on any atom is 0.243 e. The van der Waals surface area contributed by atoms with E-state index in [1.165, 1.54) is 30.0 Å². The first kappa shape index (κ1) is 25.7. The highest BCUT2D eigenvalue weighted by molar-refractivity contribution is 7.89. The zero-order chi connectivity index (χ0) is 25.6. The van der Waals surface area contributed by atoms with Crippen LogP contribution in [-0.4, -0.2) is 55.2 Å². The van der Waals surface area contributed by atoms with Gasteiger partial charge >= 0.3 is 0 Å². The summed E-state index contributed by atoms with van der Waals surface area (Å²) in [5.74, 6) is 0.0295. The van der Waals surface area contributed by atoms with Crippen LogP contribution in [0.25, 0.3) is 0 Å². The van der Waals surface area contributed by atoms with E-state index in [2.05, 4.69) is 16.3 Å². The number of carbonyl (C=O) groups excluding carboxylic acids is 1. The van der Waals surface area contributed by atoms with Gasteiger partial charge in [-0.25, -0.2) is 8.42 Å². The fraction of sp³-hybridized carbons (Fsp3) is 0.536. The van der Waals surface area contributed by atoms with Crippen LogP contribution in [0.15, 0.2) is 47.4 Å². The van der Waals surface area contributed by atoms with Crippen LogP contribution in [0, 0.1) is 5.41 Å². The predicted octanol–water partition coefficient (Wildman–Crippen LogP) is 5.11. The molecule has 1 spiro atoms. The molecule has 3 aliphatic rings. The van der Waals surface area contributed by atoms with Crippen molar-refractivity contribution in [3.63, 3.8) is 0 Å². The van der Waals surface area contributed by atoms with E-state index in [0.29, 0.717) is 18.1 Å². The van der Waals surface area contributed by atoms with Gasteiger partial charge in [0.15, 0.2) is 0 Å². The summed E-state index contributed by atoms with van der Waals surface area (Å²) < 4.78 is 28.7. The first-order valence-electron chi connectivity index (χ1n) is 13.0. The van der Waals surface area contributed by atoms with Gasteiger partial charge in [0, 0.05) is 22.8 Å². The highest BCUT2D eigenvalue weighted by Crippen LogP contribution is 2.50. The summed E-state index contributed by atoms with van der Waals surface area (Å²) in [5, 5.41) is 3.58. The standard InChI is InChI=1S/C28H36ClN3O3S/c1-27(2)19-28(20-32(27)36(34,35)23-10-6-9-22(29)17-23)13-15-31(16-14-28)18-26(33)30-25-12-5-8-21-7-3-4-11-24(21)25/h5-6,8-10,12,17H,3-4,7,11,13-16,18-20H2,1-2H3,(H,30,33). The molecular weight excluding hydrogens is 494 g/mol. The van der Waals surface area contributed by atoms with Crippen LogP contribution in [0.4, 0.5) is 5.69 Å². The average Bonchev–Trinajstić information content (AvgIpc) is 3.11. The first-order valence-corrected chi connectivity index (χ1v) is 14.8. The molecule has 6 nitrogen and oxygen atoms in total. The van der Waals surface area contributed by atoms with Gasteiger partial charge in [-0.2, -0.15) is 4.31 Å². The summed E-state index contributed by atoms with van der Waals surface area (Å²) in [6.07, 6.45) is 7.09. The van der Waals surface area contributed by atoms with E-state index in [1.807, 2.05) is 26.0 Å². The highest BCUT2D eigenvalue weighted by atomic mass is 35.5. The van der Waals surface area contributed by atoms with Gasteiger partial charge < -0.3 is 5.32 Å². The molecule has 2 saturated heterocycles. The number of sulfonamides is 1. The predicted molar refractivity (Wildman–Crippen MR) is 144 cm³/mol. The Morgan fingerprint density at radius 3 is 2.53 bits per heavy atom. The molecule has 2 aromatic rings. The van der Waals surface area contributed by atoms with Crippen LogP contribution in [0.3, 0.4) is 0 Å². The number of anilines is 1. The number of nitrogens with one attached hydrogen (secondary N) is 1. The zero-order valence-electron chi connectivity index (χ0n) is 21.2. The lowest BCUT2D eigenvalue weighted by Gasteiger charge is -2.39. The van der Waals surface area contributed by atoms with Crippen molar-refractivity contribution in [2.75, 3.05) is 31.5 Å². The van der Waals surface area contributed by atoms with Crippen molar-refractivity contribution in [2.24, 2.45) is 5.41 Å². The summed E-state index contributed by atoms with van der Waals surface area (Å²) >= 11 is 6.09. The Morgan fingerprint density at radius 1 is 1.06 bits per heavy atom. The monoisotopic (exact) mass is 529 g/mol. The molecule has 0 radical (unpaired) electrons. The second-order valence-electron chi connectivity index (χ2n) is 11.4. The van der Waals surface area contributed by atoms with E-state index in [-0.39, 0.29) is 16.2 Å². The molecule has 1 N–H and O–H groups in total. The number of fused-ring (bicyclic) bond motifs is 1. The molecule has 0 bridgehead atoms. The number of piperidine rings is 1. The number of amides is 1. The number of nitrogens with zero attached hydrogens (tertiary/aromatic N) is 2. The smallest absolute Gasteiger partial charge is 0.243 e. The molecule has 1 amide bonds. The molecule has 194 valence electrons. The molecule has 36 heavy (non-hydrogen) atoms. The molecule has 2 heterocycles. The Balaban J connectivity index is 1.21. The van der Waals surface area contributed by atoms with Crippen molar-refractivity contribution in [1.82, 2.24) is 9.21 Å². The Hall–Kier alpha value is -1.93. The number of hydrogen-bond acceptors (Lipinski definition) is 4. The maximum atomic E-state index is 13.5. The number of aryl methyl sites for hydroxylation is 1.